The SMILES string of the molecule is COc1ccc2c(=O)n(C)cc(-c3ccc(S(C)(=O)=O)cc3)c2c1. The number of hydrogen-bond donors (Lipinski definition) is 0. The third-order valence-electron chi connectivity index (χ3n) is 3.98. The monoisotopic (exact) mass is 343 g/mol. The van der Waals surface area contributed by atoms with Gasteiger partial charge in [-0.15, -0.1) is 0 Å². The molecule has 1 heterocycles. The highest BCUT2D eigenvalue weighted by molar-refractivity contribution is 7.90. The molecule has 0 unspecified atom stereocenters. The van der Waals surface area contributed by atoms with Crippen LogP contribution in [0.2, 0.25) is 0 Å². The molecule has 0 saturated carbocycles. The summed E-state index contributed by atoms with van der Waals surface area (Å²) < 4.78 is 30.0. The fraction of sp³-hybridized carbons (Fsp3) is 0.167. The third-order valence-corrected chi connectivity index (χ3v) is 5.11. The first kappa shape index (κ1) is 16.3. The maximum Gasteiger partial charge on any atom is 0.258 e. The molecule has 0 aliphatic rings. The number of pyridine rings is 1. The highest BCUT2D eigenvalue weighted by atomic mass is 32.2. The molecule has 0 bridgehead atoms. The number of methoxy groups -OCH3 is 1. The number of hydrogen-bond acceptors (Lipinski definition) is 4. The minimum absolute atomic E-state index is 0.0934. The van der Waals surface area contributed by atoms with Gasteiger partial charge in [0.25, 0.3) is 5.56 Å². The first-order valence-corrected chi connectivity index (χ1v) is 9.18. The van der Waals surface area contributed by atoms with Gasteiger partial charge in [0, 0.05) is 35.8 Å². The number of nitrogens with zero attached hydrogens (tertiary/aromatic N) is 1. The van der Waals surface area contributed by atoms with Crippen molar-refractivity contribution in [2.75, 3.05) is 13.4 Å². The standard InChI is InChI=1S/C18H17NO4S/c1-19-11-17(12-4-7-14(8-5-12)24(3,21)22)16-10-13(23-2)6-9-15(16)18(19)20/h4-11H,1-3H3. The summed E-state index contributed by atoms with van der Waals surface area (Å²) in [5.41, 5.74) is 1.58. The number of rotatable bonds is 3. The summed E-state index contributed by atoms with van der Waals surface area (Å²) in [6.45, 7) is 0. The highest BCUT2D eigenvalue weighted by Gasteiger charge is 2.12. The number of aromatic nitrogens is 1. The van der Waals surface area contributed by atoms with Crippen LogP contribution in [0.5, 0.6) is 5.75 Å². The van der Waals surface area contributed by atoms with Gasteiger partial charge in [-0.05, 0) is 35.9 Å². The lowest BCUT2D eigenvalue weighted by molar-refractivity contribution is 0.415. The van der Waals surface area contributed by atoms with Gasteiger partial charge in [-0.3, -0.25) is 4.79 Å². The van der Waals surface area contributed by atoms with Crippen molar-refractivity contribution in [3.05, 3.63) is 59.0 Å². The predicted molar refractivity (Wildman–Crippen MR) is 94.3 cm³/mol. The van der Waals surface area contributed by atoms with Crippen LogP contribution < -0.4 is 10.3 Å². The van der Waals surface area contributed by atoms with Crippen LogP contribution in [0.25, 0.3) is 21.9 Å². The van der Waals surface area contributed by atoms with E-state index in [1.807, 2.05) is 6.07 Å². The van der Waals surface area contributed by atoms with Gasteiger partial charge in [0.15, 0.2) is 9.84 Å². The maximum atomic E-state index is 12.3. The molecular weight excluding hydrogens is 326 g/mol. The Hall–Kier alpha value is -2.60. The fourth-order valence-corrected chi connectivity index (χ4v) is 3.31. The molecular formula is C18H17NO4S. The molecule has 2 aromatic carbocycles. The van der Waals surface area contributed by atoms with Crippen LogP contribution in [0.15, 0.2) is 58.4 Å². The van der Waals surface area contributed by atoms with Crippen molar-refractivity contribution < 1.29 is 13.2 Å². The van der Waals surface area contributed by atoms with Crippen LogP contribution in [0.3, 0.4) is 0 Å². The van der Waals surface area contributed by atoms with E-state index >= 15 is 0 Å². The minimum atomic E-state index is -3.25. The van der Waals surface area contributed by atoms with E-state index < -0.39 is 9.84 Å². The molecule has 0 aliphatic carbocycles. The molecule has 1 aromatic heterocycles. The average molecular weight is 343 g/mol. The average Bonchev–Trinajstić information content (AvgIpc) is 2.57. The number of fused-ring (bicyclic) bond motifs is 1. The smallest absolute Gasteiger partial charge is 0.258 e. The number of benzene rings is 2. The van der Waals surface area contributed by atoms with E-state index in [1.165, 1.54) is 10.8 Å². The topological polar surface area (TPSA) is 65.4 Å². The molecule has 3 aromatic rings. The molecule has 3 rings (SSSR count). The lowest BCUT2D eigenvalue weighted by Crippen LogP contribution is -2.16. The van der Waals surface area contributed by atoms with Crippen LogP contribution in [0.4, 0.5) is 0 Å². The Morgan fingerprint density at radius 3 is 2.25 bits per heavy atom. The van der Waals surface area contributed by atoms with Crippen LogP contribution in [0, 0.1) is 0 Å². The van der Waals surface area contributed by atoms with E-state index in [-0.39, 0.29) is 10.5 Å². The molecule has 124 valence electrons. The first-order chi connectivity index (χ1) is 11.3. The molecule has 24 heavy (non-hydrogen) atoms. The lowest BCUT2D eigenvalue weighted by Gasteiger charge is -2.11. The van der Waals surface area contributed by atoms with Crippen molar-refractivity contribution >= 4 is 20.6 Å². The van der Waals surface area contributed by atoms with E-state index in [4.69, 9.17) is 4.74 Å². The second kappa shape index (κ2) is 5.79. The Labute approximate surface area is 140 Å². The zero-order valence-electron chi connectivity index (χ0n) is 13.6. The molecule has 0 spiro atoms. The molecule has 0 aliphatic heterocycles. The van der Waals surface area contributed by atoms with Gasteiger partial charge in [0.2, 0.25) is 0 Å². The summed E-state index contributed by atoms with van der Waals surface area (Å²) in [6, 6.07) is 11.9. The first-order valence-electron chi connectivity index (χ1n) is 7.29. The fourth-order valence-electron chi connectivity index (χ4n) is 2.68. The van der Waals surface area contributed by atoms with Gasteiger partial charge in [-0.1, -0.05) is 12.1 Å². The van der Waals surface area contributed by atoms with Gasteiger partial charge in [0.1, 0.15) is 5.75 Å². The Bertz CT molecular complexity index is 1080. The number of ether oxygens (including phenoxy) is 1. The zero-order valence-corrected chi connectivity index (χ0v) is 14.4. The summed E-state index contributed by atoms with van der Waals surface area (Å²) >= 11 is 0. The van der Waals surface area contributed by atoms with Crippen molar-refractivity contribution in [3.63, 3.8) is 0 Å². The van der Waals surface area contributed by atoms with E-state index in [0.717, 1.165) is 16.5 Å². The number of aryl methyl sites for hydroxylation is 1. The second-order valence-electron chi connectivity index (χ2n) is 5.67. The molecule has 0 saturated heterocycles. The molecule has 0 fully saturated rings. The van der Waals surface area contributed by atoms with Gasteiger partial charge in [-0.2, -0.15) is 0 Å². The number of sulfone groups is 1. The molecule has 0 atom stereocenters. The summed E-state index contributed by atoms with van der Waals surface area (Å²) in [4.78, 5) is 12.6. The predicted octanol–water partition coefficient (Wildman–Crippen LogP) is 2.62. The van der Waals surface area contributed by atoms with Crippen molar-refractivity contribution in [1.82, 2.24) is 4.57 Å². The Balaban J connectivity index is 2.29. The zero-order chi connectivity index (χ0) is 17.5. The highest BCUT2D eigenvalue weighted by Crippen LogP contribution is 2.30. The van der Waals surface area contributed by atoms with Gasteiger partial charge >= 0.3 is 0 Å². The van der Waals surface area contributed by atoms with E-state index in [1.54, 1.807) is 56.8 Å². The maximum absolute atomic E-state index is 12.3. The largest absolute Gasteiger partial charge is 0.497 e. The summed E-state index contributed by atoms with van der Waals surface area (Å²) in [5.74, 6) is 0.657. The van der Waals surface area contributed by atoms with Crippen molar-refractivity contribution in [1.29, 1.82) is 0 Å². The molecule has 0 amide bonds. The lowest BCUT2D eigenvalue weighted by atomic mass is 10.0. The normalized spacial score (nSPS) is 11.6. The van der Waals surface area contributed by atoms with E-state index in [9.17, 15) is 13.2 Å². The van der Waals surface area contributed by atoms with Gasteiger partial charge < -0.3 is 9.30 Å². The quantitative estimate of drug-likeness (QED) is 0.733. The van der Waals surface area contributed by atoms with Crippen molar-refractivity contribution in [2.45, 2.75) is 4.90 Å². The minimum Gasteiger partial charge on any atom is -0.497 e. The second-order valence-corrected chi connectivity index (χ2v) is 7.68. The van der Waals surface area contributed by atoms with Crippen LogP contribution in [0.1, 0.15) is 0 Å². The van der Waals surface area contributed by atoms with Crippen LogP contribution in [-0.4, -0.2) is 26.4 Å². The molecule has 6 heteroatoms. The Morgan fingerprint density at radius 2 is 1.67 bits per heavy atom. The van der Waals surface area contributed by atoms with Gasteiger partial charge in [0.05, 0.1) is 12.0 Å². The van der Waals surface area contributed by atoms with Crippen LogP contribution in [-0.2, 0) is 16.9 Å². The van der Waals surface area contributed by atoms with Gasteiger partial charge in [-0.25, -0.2) is 8.42 Å². The summed E-state index contributed by atoms with van der Waals surface area (Å²) in [5, 5.41) is 1.35. The Morgan fingerprint density at radius 1 is 1.00 bits per heavy atom. The Kier molecular flexibility index (Phi) is 3.93. The van der Waals surface area contributed by atoms with E-state index in [0.29, 0.717) is 11.1 Å². The summed E-state index contributed by atoms with van der Waals surface area (Å²) in [6.07, 6.45) is 2.92. The van der Waals surface area contributed by atoms with Crippen molar-refractivity contribution in [3.8, 4) is 16.9 Å². The molecule has 0 radical (unpaired) electrons. The molecule has 5 nitrogen and oxygen atoms in total. The third kappa shape index (κ3) is 2.80. The van der Waals surface area contributed by atoms with E-state index in [2.05, 4.69) is 0 Å². The summed E-state index contributed by atoms with van der Waals surface area (Å²) in [7, 11) is 0.0220. The molecule has 0 N–H and O–H groups in total. The van der Waals surface area contributed by atoms with Crippen LogP contribution >= 0.6 is 0 Å². The van der Waals surface area contributed by atoms with Crippen molar-refractivity contribution in [2.24, 2.45) is 7.05 Å².